The maximum Gasteiger partial charge on any atom is 0.349 e. The Labute approximate surface area is 231 Å². The summed E-state index contributed by atoms with van der Waals surface area (Å²) in [7, 11) is 0. The van der Waals surface area contributed by atoms with Gasteiger partial charge in [0, 0.05) is 24.1 Å². The van der Waals surface area contributed by atoms with Gasteiger partial charge in [-0.25, -0.2) is 4.79 Å². The van der Waals surface area contributed by atoms with Crippen molar-refractivity contribution in [3.05, 3.63) is 116 Å². The van der Waals surface area contributed by atoms with Crippen LogP contribution in [0.25, 0.3) is 11.0 Å². The fourth-order valence-corrected chi connectivity index (χ4v) is 4.47. The van der Waals surface area contributed by atoms with E-state index in [2.05, 4.69) is 5.32 Å². The zero-order valence-corrected chi connectivity index (χ0v) is 21.5. The Morgan fingerprint density at radius 3 is 2.49 bits per heavy atom. The molecule has 0 fully saturated rings. The zero-order chi connectivity index (χ0) is 29.3. The van der Waals surface area contributed by atoms with Crippen molar-refractivity contribution in [3.8, 4) is 5.75 Å². The van der Waals surface area contributed by atoms with E-state index in [1.54, 1.807) is 6.92 Å². The topological polar surface area (TPSA) is 166 Å². The molecule has 12 heteroatoms. The van der Waals surface area contributed by atoms with Crippen LogP contribution in [0.2, 0.25) is 0 Å². The number of nitro groups is 1. The number of fused-ring (bicyclic) bond motifs is 2. The molecule has 3 amide bonds. The molecule has 0 saturated carbocycles. The van der Waals surface area contributed by atoms with Gasteiger partial charge in [-0.15, -0.1) is 0 Å². The second-order valence-electron chi connectivity index (χ2n) is 9.20. The van der Waals surface area contributed by atoms with Gasteiger partial charge in [0.25, 0.3) is 23.4 Å². The van der Waals surface area contributed by atoms with Crippen molar-refractivity contribution in [2.75, 3.05) is 6.54 Å². The molecule has 4 aromatic rings. The highest BCUT2D eigenvalue weighted by Crippen LogP contribution is 2.31. The first-order valence-corrected chi connectivity index (χ1v) is 12.4. The monoisotopic (exact) mass is 555 g/mol. The number of ether oxygens (including phenoxy) is 1. The van der Waals surface area contributed by atoms with Gasteiger partial charge in [0.1, 0.15) is 22.5 Å². The van der Waals surface area contributed by atoms with Gasteiger partial charge in [-0.1, -0.05) is 36.4 Å². The third-order valence-electron chi connectivity index (χ3n) is 6.54. The Kier molecular flexibility index (Phi) is 7.13. The third kappa shape index (κ3) is 5.30. The van der Waals surface area contributed by atoms with Crippen molar-refractivity contribution < 1.29 is 33.3 Å². The molecule has 41 heavy (non-hydrogen) atoms. The van der Waals surface area contributed by atoms with E-state index < -0.39 is 39.9 Å². The maximum absolute atomic E-state index is 12.7. The van der Waals surface area contributed by atoms with Gasteiger partial charge >= 0.3 is 11.6 Å². The first-order chi connectivity index (χ1) is 19.6. The van der Waals surface area contributed by atoms with Gasteiger partial charge < -0.3 is 14.5 Å². The minimum Gasteiger partial charge on any atom is -0.426 e. The summed E-state index contributed by atoms with van der Waals surface area (Å²) >= 11 is 0. The molecule has 0 aliphatic carbocycles. The van der Waals surface area contributed by atoms with Crippen molar-refractivity contribution in [1.82, 2.24) is 10.2 Å². The van der Waals surface area contributed by atoms with E-state index in [1.165, 1.54) is 36.4 Å². The van der Waals surface area contributed by atoms with Gasteiger partial charge in [-0.05, 0) is 36.8 Å². The van der Waals surface area contributed by atoms with Crippen LogP contribution in [-0.4, -0.2) is 40.1 Å². The maximum atomic E-state index is 12.7. The molecule has 0 radical (unpaired) electrons. The minimum absolute atomic E-state index is 0.0264. The van der Waals surface area contributed by atoms with Crippen molar-refractivity contribution >= 4 is 40.3 Å². The van der Waals surface area contributed by atoms with E-state index >= 15 is 0 Å². The molecule has 2 heterocycles. The molecule has 12 nitrogen and oxygen atoms in total. The van der Waals surface area contributed by atoms with E-state index in [1.807, 2.05) is 30.3 Å². The number of amides is 3. The molecule has 3 aromatic carbocycles. The summed E-state index contributed by atoms with van der Waals surface area (Å²) < 4.78 is 10.6. The Balaban J connectivity index is 1.24. The van der Waals surface area contributed by atoms with Gasteiger partial charge in [0.2, 0.25) is 0 Å². The quantitative estimate of drug-likeness (QED) is 0.0850. The third-order valence-corrected chi connectivity index (χ3v) is 6.54. The molecule has 1 aliphatic heterocycles. The van der Waals surface area contributed by atoms with Crippen LogP contribution in [0.3, 0.4) is 0 Å². The minimum atomic E-state index is -0.876. The summed E-state index contributed by atoms with van der Waals surface area (Å²) in [6.45, 7) is 1.43. The predicted octanol–water partition coefficient (Wildman–Crippen LogP) is 3.78. The molecule has 1 aromatic heterocycles. The Bertz CT molecular complexity index is 1800. The first kappa shape index (κ1) is 26.9. The summed E-state index contributed by atoms with van der Waals surface area (Å²) in [5, 5.41) is 14.4. The Morgan fingerprint density at radius 1 is 1.00 bits per heavy atom. The molecule has 1 N–H and O–H groups in total. The number of imide groups is 1. The van der Waals surface area contributed by atoms with Crippen molar-refractivity contribution in [2.24, 2.45) is 0 Å². The van der Waals surface area contributed by atoms with E-state index in [9.17, 15) is 34.1 Å². The molecule has 5 rings (SSSR count). The predicted molar refractivity (Wildman–Crippen MR) is 144 cm³/mol. The molecule has 1 aliphatic rings. The number of hydrogen-bond acceptors (Lipinski definition) is 9. The highest BCUT2D eigenvalue weighted by Gasteiger charge is 2.40. The lowest BCUT2D eigenvalue weighted by atomic mass is 10.1. The lowest BCUT2D eigenvalue weighted by Crippen LogP contribution is -2.32. The fraction of sp³-hybridized carbons (Fsp3) is 0.138. The smallest absolute Gasteiger partial charge is 0.349 e. The summed E-state index contributed by atoms with van der Waals surface area (Å²) in [6.07, 6.45) is -0.389. The Hall–Kier alpha value is -5.65. The number of rotatable bonds is 8. The molecule has 0 saturated heterocycles. The van der Waals surface area contributed by atoms with Crippen LogP contribution in [-0.2, 0) is 4.79 Å². The van der Waals surface area contributed by atoms with Crippen LogP contribution in [0.15, 0.2) is 82.0 Å². The molecular formula is C29H21N3O9. The van der Waals surface area contributed by atoms with Crippen LogP contribution >= 0.6 is 0 Å². The average molecular weight is 555 g/mol. The van der Waals surface area contributed by atoms with E-state index in [0.717, 1.165) is 16.5 Å². The second kappa shape index (κ2) is 10.8. The second-order valence-corrected chi connectivity index (χ2v) is 9.20. The van der Waals surface area contributed by atoms with E-state index in [4.69, 9.17) is 9.15 Å². The van der Waals surface area contributed by atoms with Gasteiger partial charge in [0.15, 0.2) is 0 Å². The lowest BCUT2D eigenvalue weighted by Gasteiger charge is -2.14. The lowest BCUT2D eigenvalue weighted by molar-refractivity contribution is -0.385. The van der Waals surface area contributed by atoms with Crippen molar-refractivity contribution in [2.45, 2.75) is 19.4 Å². The number of carbonyl (C=O) groups is 4. The molecule has 206 valence electrons. The van der Waals surface area contributed by atoms with Crippen LogP contribution in [0.5, 0.6) is 5.75 Å². The number of nitro benzene ring substituents is 1. The van der Waals surface area contributed by atoms with E-state index in [-0.39, 0.29) is 47.0 Å². The fourth-order valence-electron chi connectivity index (χ4n) is 4.47. The molecule has 0 spiro atoms. The SMILES string of the molecule is CC(NC(=O)c1cc2ccc(OC(=O)CCN3C(=O)c4cccc([N+](=O)[O-])c4C3=O)cc2oc1=O)c1ccccc1. The average Bonchev–Trinajstić information content (AvgIpc) is 3.20. The standard InChI is InChI=1S/C29H21N3O9/c1-16(17-6-3-2-4-7-17)30-26(34)21-14-18-10-11-19(15-23(18)41-29(21)37)40-24(33)12-13-31-27(35)20-8-5-9-22(32(38)39)25(20)28(31)36/h2-11,14-16H,12-13H2,1H3,(H,30,34). The largest absolute Gasteiger partial charge is 0.426 e. The zero-order valence-electron chi connectivity index (χ0n) is 21.5. The number of nitrogens with zero attached hydrogens (tertiary/aromatic N) is 2. The van der Waals surface area contributed by atoms with Gasteiger partial charge in [-0.2, -0.15) is 0 Å². The summed E-state index contributed by atoms with van der Waals surface area (Å²) in [6, 6.07) is 18.2. The molecule has 1 atom stereocenters. The summed E-state index contributed by atoms with van der Waals surface area (Å²) in [5.41, 5.74) is -1.05. The number of benzene rings is 3. The summed E-state index contributed by atoms with van der Waals surface area (Å²) in [5.74, 6) is -2.99. The van der Waals surface area contributed by atoms with Crippen molar-refractivity contribution in [3.63, 3.8) is 0 Å². The van der Waals surface area contributed by atoms with Crippen LogP contribution in [0.4, 0.5) is 5.69 Å². The van der Waals surface area contributed by atoms with Crippen LogP contribution in [0, 0.1) is 10.1 Å². The molecule has 1 unspecified atom stereocenters. The number of carbonyl (C=O) groups excluding carboxylic acids is 4. The number of esters is 1. The summed E-state index contributed by atoms with van der Waals surface area (Å²) in [4.78, 5) is 74.3. The van der Waals surface area contributed by atoms with Crippen LogP contribution in [0.1, 0.15) is 56.0 Å². The normalized spacial score (nSPS) is 13.1. The van der Waals surface area contributed by atoms with Gasteiger partial charge in [0.05, 0.1) is 22.9 Å². The number of nitrogens with one attached hydrogen (secondary N) is 1. The highest BCUT2D eigenvalue weighted by atomic mass is 16.6. The number of hydrogen-bond donors (Lipinski definition) is 1. The Morgan fingerprint density at radius 2 is 1.76 bits per heavy atom. The highest BCUT2D eigenvalue weighted by molar-refractivity contribution is 6.23. The van der Waals surface area contributed by atoms with E-state index in [0.29, 0.717) is 5.39 Å². The first-order valence-electron chi connectivity index (χ1n) is 12.4. The van der Waals surface area contributed by atoms with Gasteiger partial charge in [-0.3, -0.25) is 34.2 Å². The van der Waals surface area contributed by atoms with Crippen molar-refractivity contribution in [1.29, 1.82) is 0 Å². The molecule has 0 bridgehead atoms. The molecular weight excluding hydrogens is 534 g/mol. The van der Waals surface area contributed by atoms with Crippen LogP contribution < -0.4 is 15.7 Å².